The predicted molar refractivity (Wildman–Crippen MR) is 61.7 cm³/mol. The Morgan fingerprint density at radius 1 is 1.53 bits per heavy atom. The summed E-state index contributed by atoms with van der Waals surface area (Å²) in [6.45, 7) is 0. The molecule has 0 spiro atoms. The molecular weight excluding hydrogens is 279 g/mol. The molecule has 0 fully saturated rings. The molecule has 0 bridgehead atoms. The van der Waals surface area contributed by atoms with Crippen molar-refractivity contribution in [2.75, 3.05) is 0 Å². The van der Waals surface area contributed by atoms with Gasteiger partial charge in [-0.3, -0.25) is 9.78 Å². The van der Waals surface area contributed by atoms with Crippen LogP contribution in [0.25, 0.3) is 5.69 Å². The average molecular weight is 286 g/mol. The van der Waals surface area contributed by atoms with E-state index in [2.05, 4.69) is 20.9 Å². The van der Waals surface area contributed by atoms with E-state index in [1.54, 1.807) is 35.3 Å². The molecule has 0 aliphatic carbocycles. The number of carbonyl (C=O) groups is 1. The van der Waals surface area contributed by atoms with Crippen molar-refractivity contribution < 1.29 is 4.79 Å². The highest BCUT2D eigenvalue weighted by atomic mass is 79.9. The smallest absolute Gasteiger partial charge is 0.166 e. The highest BCUT2D eigenvalue weighted by Gasteiger charge is 2.08. The molecule has 5 heteroatoms. The number of hydrogen-bond acceptors (Lipinski definition) is 2. The van der Waals surface area contributed by atoms with Crippen LogP contribution < -0.4 is 0 Å². The van der Waals surface area contributed by atoms with E-state index in [4.69, 9.17) is 11.6 Å². The quantitative estimate of drug-likeness (QED) is 0.795. The highest BCUT2D eigenvalue weighted by molar-refractivity contribution is 9.10. The van der Waals surface area contributed by atoms with Crippen molar-refractivity contribution in [3.63, 3.8) is 0 Å². The summed E-state index contributed by atoms with van der Waals surface area (Å²) >= 11 is 9.29. The van der Waals surface area contributed by atoms with E-state index in [0.717, 1.165) is 16.4 Å². The maximum absolute atomic E-state index is 10.8. The fourth-order valence-electron chi connectivity index (χ4n) is 1.31. The Bertz CT molecular complexity index is 510. The summed E-state index contributed by atoms with van der Waals surface area (Å²) < 4.78 is 2.54. The van der Waals surface area contributed by atoms with Gasteiger partial charge in [0.1, 0.15) is 0 Å². The SMILES string of the molecule is O=Cc1cc(Br)cn1-c1ccncc1Cl. The van der Waals surface area contributed by atoms with E-state index in [1.807, 2.05) is 0 Å². The first-order valence-corrected chi connectivity index (χ1v) is 5.32. The van der Waals surface area contributed by atoms with Crippen LogP contribution >= 0.6 is 27.5 Å². The highest BCUT2D eigenvalue weighted by Crippen LogP contribution is 2.23. The maximum Gasteiger partial charge on any atom is 0.166 e. The molecule has 0 aliphatic rings. The summed E-state index contributed by atoms with van der Waals surface area (Å²) in [5.74, 6) is 0. The van der Waals surface area contributed by atoms with Gasteiger partial charge in [0.2, 0.25) is 0 Å². The van der Waals surface area contributed by atoms with Crippen LogP contribution in [0.3, 0.4) is 0 Å². The Kier molecular flexibility index (Phi) is 2.88. The first-order chi connectivity index (χ1) is 7.22. The van der Waals surface area contributed by atoms with Gasteiger partial charge in [-0.1, -0.05) is 11.6 Å². The number of pyridine rings is 1. The minimum Gasteiger partial charge on any atom is -0.311 e. The van der Waals surface area contributed by atoms with Crippen molar-refractivity contribution in [3.05, 3.63) is 45.9 Å². The van der Waals surface area contributed by atoms with Crippen LogP contribution in [0, 0.1) is 0 Å². The Morgan fingerprint density at radius 2 is 2.33 bits per heavy atom. The van der Waals surface area contributed by atoms with E-state index < -0.39 is 0 Å². The lowest BCUT2D eigenvalue weighted by Gasteiger charge is -2.06. The Morgan fingerprint density at radius 3 is 3.00 bits per heavy atom. The lowest BCUT2D eigenvalue weighted by atomic mass is 10.4. The molecule has 76 valence electrons. The van der Waals surface area contributed by atoms with Crippen molar-refractivity contribution >= 4 is 33.8 Å². The zero-order valence-corrected chi connectivity index (χ0v) is 9.86. The summed E-state index contributed by atoms with van der Waals surface area (Å²) in [4.78, 5) is 14.7. The molecule has 0 radical (unpaired) electrons. The van der Waals surface area contributed by atoms with Gasteiger partial charge in [0, 0.05) is 23.1 Å². The van der Waals surface area contributed by atoms with Crippen molar-refractivity contribution in [2.24, 2.45) is 0 Å². The molecule has 0 unspecified atom stereocenters. The van der Waals surface area contributed by atoms with Crippen molar-refractivity contribution in [3.8, 4) is 5.69 Å². The van der Waals surface area contributed by atoms with Crippen LogP contribution in [0.1, 0.15) is 10.5 Å². The van der Waals surface area contributed by atoms with E-state index in [1.165, 1.54) is 0 Å². The van der Waals surface area contributed by atoms with Crippen molar-refractivity contribution in [1.29, 1.82) is 0 Å². The van der Waals surface area contributed by atoms with Gasteiger partial charge in [-0.25, -0.2) is 0 Å². The normalized spacial score (nSPS) is 10.3. The van der Waals surface area contributed by atoms with Crippen LogP contribution in [0.5, 0.6) is 0 Å². The second kappa shape index (κ2) is 4.16. The second-order valence-electron chi connectivity index (χ2n) is 2.90. The molecule has 2 heterocycles. The number of rotatable bonds is 2. The van der Waals surface area contributed by atoms with Crippen molar-refractivity contribution in [1.82, 2.24) is 9.55 Å². The Balaban J connectivity index is 2.63. The molecule has 0 saturated heterocycles. The minimum absolute atomic E-state index is 0.503. The zero-order chi connectivity index (χ0) is 10.8. The number of halogens is 2. The molecule has 15 heavy (non-hydrogen) atoms. The monoisotopic (exact) mass is 284 g/mol. The molecule has 3 nitrogen and oxygen atoms in total. The van der Waals surface area contributed by atoms with Crippen LogP contribution in [-0.2, 0) is 0 Å². The molecule has 2 rings (SSSR count). The third kappa shape index (κ3) is 1.96. The van der Waals surface area contributed by atoms with E-state index in [-0.39, 0.29) is 0 Å². The average Bonchev–Trinajstić information content (AvgIpc) is 2.60. The second-order valence-corrected chi connectivity index (χ2v) is 4.22. The minimum atomic E-state index is 0.503. The Labute approximate surface area is 99.8 Å². The zero-order valence-electron chi connectivity index (χ0n) is 7.52. The Hall–Kier alpha value is -1.13. The molecule has 2 aromatic rings. The summed E-state index contributed by atoms with van der Waals surface area (Å²) in [6, 6.07) is 3.48. The largest absolute Gasteiger partial charge is 0.311 e. The molecule has 0 aliphatic heterocycles. The number of aromatic nitrogens is 2. The molecule has 0 N–H and O–H groups in total. The van der Waals surface area contributed by atoms with Crippen LogP contribution in [-0.4, -0.2) is 15.8 Å². The summed E-state index contributed by atoms with van der Waals surface area (Å²) in [6.07, 6.45) is 5.73. The summed E-state index contributed by atoms with van der Waals surface area (Å²) in [5.41, 5.74) is 1.27. The van der Waals surface area contributed by atoms with Gasteiger partial charge in [0.05, 0.1) is 16.4 Å². The standard InChI is InChI=1S/C10H6BrClN2O/c11-7-3-8(6-15)14(5-7)10-1-2-13-4-9(10)12/h1-6H. The molecule has 0 aromatic carbocycles. The number of hydrogen-bond donors (Lipinski definition) is 0. The number of nitrogens with zero attached hydrogens (tertiary/aromatic N) is 2. The summed E-state index contributed by atoms with van der Waals surface area (Å²) in [5, 5.41) is 0.503. The third-order valence-electron chi connectivity index (χ3n) is 1.95. The number of carbonyl (C=O) groups excluding carboxylic acids is 1. The topological polar surface area (TPSA) is 34.9 Å². The fraction of sp³-hybridized carbons (Fsp3) is 0. The van der Waals surface area contributed by atoms with Gasteiger partial charge in [-0.15, -0.1) is 0 Å². The van der Waals surface area contributed by atoms with Gasteiger partial charge >= 0.3 is 0 Å². The van der Waals surface area contributed by atoms with Crippen LogP contribution in [0.4, 0.5) is 0 Å². The van der Waals surface area contributed by atoms with Gasteiger partial charge in [0.15, 0.2) is 6.29 Å². The molecule has 0 saturated carbocycles. The van der Waals surface area contributed by atoms with Crippen molar-refractivity contribution in [2.45, 2.75) is 0 Å². The molecule has 0 amide bonds. The lowest BCUT2D eigenvalue weighted by molar-refractivity contribution is 0.111. The van der Waals surface area contributed by atoms with E-state index >= 15 is 0 Å². The van der Waals surface area contributed by atoms with Crippen LogP contribution in [0.2, 0.25) is 5.02 Å². The third-order valence-corrected chi connectivity index (χ3v) is 2.67. The molecule has 0 atom stereocenters. The lowest BCUT2D eigenvalue weighted by Crippen LogP contribution is -1.98. The summed E-state index contributed by atoms with van der Waals surface area (Å²) in [7, 11) is 0. The maximum atomic E-state index is 10.8. The molecular formula is C10H6BrClN2O. The number of aldehydes is 1. The first-order valence-electron chi connectivity index (χ1n) is 4.15. The van der Waals surface area contributed by atoms with E-state index in [0.29, 0.717) is 10.7 Å². The first kappa shape index (κ1) is 10.4. The van der Waals surface area contributed by atoms with E-state index in [9.17, 15) is 4.79 Å². The fourth-order valence-corrected chi connectivity index (χ4v) is 1.96. The van der Waals surface area contributed by atoms with Crippen LogP contribution in [0.15, 0.2) is 35.2 Å². The van der Waals surface area contributed by atoms with Gasteiger partial charge in [-0.05, 0) is 28.1 Å². The van der Waals surface area contributed by atoms with Gasteiger partial charge < -0.3 is 4.57 Å². The van der Waals surface area contributed by atoms with Gasteiger partial charge in [-0.2, -0.15) is 0 Å². The predicted octanol–water partition coefficient (Wildman–Crippen LogP) is 3.10. The molecule has 2 aromatic heterocycles. The van der Waals surface area contributed by atoms with Gasteiger partial charge in [0.25, 0.3) is 0 Å².